The Kier molecular flexibility index (Phi) is 5.62. The van der Waals surface area contributed by atoms with E-state index < -0.39 is 11.9 Å². The molecule has 23 heavy (non-hydrogen) atoms. The fourth-order valence-corrected chi connectivity index (χ4v) is 1.93. The van der Waals surface area contributed by atoms with Crippen LogP contribution in [0.15, 0.2) is 41.7 Å². The van der Waals surface area contributed by atoms with Crippen LogP contribution in [-0.4, -0.2) is 35.0 Å². The number of nitrogens with zero attached hydrogens (tertiary/aromatic N) is 1. The van der Waals surface area contributed by atoms with E-state index in [-0.39, 0.29) is 25.0 Å². The number of aryl methyl sites for hydroxylation is 1. The number of nitrogens with one attached hydrogen (secondary N) is 2. The standard InChI is InChI=1S/C16H17N3O4/c1-2-9-17-14(20)10-23-15(21)8-7-13-18-12-6-4-3-5-11(12)16(22)19-13/h2-6H,1,7-10H2,(H,17,20)(H,18,19,22). The summed E-state index contributed by atoms with van der Waals surface area (Å²) in [6.45, 7) is 3.44. The topological polar surface area (TPSA) is 101 Å². The predicted molar refractivity (Wildman–Crippen MR) is 84.9 cm³/mol. The van der Waals surface area contributed by atoms with Gasteiger partial charge in [0.15, 0.2) is 6.61 Å². The van der Waals surface area contributed by atoms with Gasteiger partial charge in [-0.3, -0.25) is 14.4 Å². The van der Waals surface area contributed by atoms with E-state index in [1.165, 1.54) is 6.08 Å². The van der Waals surface area contributed by atoms with E-state index in [2.05, 4.69) is 21.9 Å². The lowest BCUT2D eigenvalue weighted by Gasteiger charge is -2.05. The Labute approximate surface area is 132 Å². The number of fused-ring (bicyclic) bond motifs is 1. The molecular formula is C16H17N3O4. The summed E-state index contributed by atoms with van der Waals surface area (Å²) in [6, 6.07) is 6.96. The summed E-state index contributed by atoms with van der Waals surface area (Å²) in [5, 5.41) is 2.99. The average molecular weight is 315 g/mol. The number of H-pyrrole nitrogens is 1. The second-order valence-electron chi connectivity index (χ2n) is 4.78. The highest BCUT2D eigenvalue weighted by Gasteiger charge is 2.09. The van der Waals surface area contributed by atoms with Gasteiger partial charge < -0.3 is 15.0 Å². The van der Waals surface area contributed by atoms with E-state index in [9.17, 15) is 14.4 Å². The van der Waals surface area contributed by atoms with Crippen LogP contribution in [0.3, 0.4) is 0 Å². The first kappa shape index (κ1) is 16.4. The molecule has 0 aliphatic rings. The summed E-state index contributed by atoms with van der Waals surface area (Å²) in [6.07, 6.45) is 1.78. The van der Waals surface area contributed by atoms with Gasteiger partial charge in [0.2, 0.25) is 0 Å². The third-order valence-electron chi connectivity index (χ3n) is 3.04. The number of aromatic nitrogens is 2. The summed E-state index contributed by atoms with van der Waals surface area (Å²) >= 11 is 0. The van der Waals surface area contributed by atoms with Gasteiger partial charge >= 0.3 is 5.97 Å². The van der Waals surface area contributed by atoms with Gasteiger partial charge in [-0.15, -0.1) is 6.58 Å². The number of esters is 1. The first-order valence-electron chi connectivity index (χ1n) is 7.11. The third kappa shape index (κ3) is 4.77. The SMILES string of the molecule is C=CCNC(=O)COC(=O)CCc1nc2ccccc2c(=O)[nH]1. The fraction of sp³-hybridized carbons (Fsp3) is 0.250. The lowest BCUT2D eigenvalue weighted by Crippen LogP contribution is -2.28. The highest BCUT2D eigenvalue weighted by molar-refractivity contribution is 5.80. The lowest BCUT2D eigenvalue weighted by atomic mass is 10.2. The molecule has 0 aliphatic heterocycles. The van der Waals surface area contributed by atoms with Crippen molar-refractivity contribution < 1.29 is 14.3 Å². The molecule has 0 atom stereocenters. The van der Waals surface area contributed by atoms with Crippen molar-refractivity contribution >= 4 is 22.8 Å². The summed E-state index contributed by atoms with van der Waals surface area (Å²) in [5.41, 5.74) is 0.325. The smallest absolute Gasteiger partial charge is 0.306 e. The number of para-hydroxylation sites is 1. The van der Waals surface area contributed by atoms with Crippen molar-refractivity contribution in [1.29, 1.82) is 0 Å². The molecule has 0 saturated carbocycles. The van der Waals surface area contributed by atoms with Crippen molar-refractivity contribution in [2.24, 2.45) is 0 Å². The van der Waals surface area contributed by atoms with Gasteiger partial charge in [-0.1, -0.05) is 18.2 Å². The molecule has 0 radical (unpaired) electrons. The highest BCUT2D eigenvalue weighted by Crippen LogP contribution is 2.06. The number of benzene rings is 1. The van der Waals surface area contributed by atoms with E-state index in [1.54, 1.807) is 24.3 Å². The van der Waals surface area contributed by atoms with Gasteiger partial charge in [0.1, 0.15) is 5.82 Å². The Morgan fingerprint density at radius 1 is 1.35 bits per heavy atom. The first-order valence-corrected chi connectivity index (χ1v) is 7.11. The quantitative estimate of drug-likeness (QED) is 0.578. The van der Waals surface area contributed by atoms with Crippen molar-refractivity contribution in [2.75, 3.05) is 13.2 Å². The molecule has 0 spiro atoms. The molecule has 0 unspecified atom stereocenters. The van der Waals surface area contributed by atoms with Crippen molar-refractivity contribution in [2.45, 2.75) is 12.8 Å². The molecule has 0 fully saturated rings. The van der Waals surface area contributed by atoms with E-state index >= 15 is 0 Å². The summed E-state index contributed by atoms with van der Waals surface area (Å²) in [5.74, 6) is -0.521. The molecule has 1 amide bonds. The zero-order valence-electron chi connectivity index (χ0n) is 12.5. The monoisotopic (exact) mass is 315 g/mol. The predicted octanol–water partition coefficient (Wildman–Crippen LogP) is 0.701. The second kappa shape index (κ2) is 7.88. The van der Waals surface area contributed by atoms with E-state index in [4.69, 9.17) is 4.74 Å². The zero-order valence-corrected chi connectivity index (χ0v) is 12.5. The molecule has 7 nitrogen and oxygen atoms in total. The van der Waals surface area contributed by atoms with E-state index in [0.29, 0.717) is 23.3 Å². The number of hydrogen-bond donors (Lipinski definition) is 2. The number of rotatable bonds is 7. The minimum atomic E-state index is -0.533. The minimum Gasteiger partial charge on any atom is -0.456 e. The van der Waals surface area contributed by atoms with Crippen LogP contribution in [0, 0.1) is 0 Å². The Balaban J connectivity index is 1.88. The Hall–Kier alpha value is -2.96. The van der Waals surface area contributed by atoms with Crippen molar-refractivity contribution in [3.05, 3.63) is 53.1 Å². The number of hydrogen-bond acceptors (Lipinski definition) is 5. The molecule has 1 heterocycles. The molecule has 2 N–H and O–H groups in total. The Bertz CT molecular complexity index is 782. The molecule has 0 saturated heterocycles. The molecule has 2 aromatic rings. The number of carbonyl (C=O) groups excluding carboxylic acids is 2. The maximum atomic E-state index is 11.9. The largest absolute Gasteiger partial charge is 0.456 e. The Morgan fingerprint density at radius 3 is 2.91 bits per heavy atom. The van der Waals surface area contributed by atoms with Gasteiger partial charge in [0, 0.05) is 13.0 Å². The van der Waals surface area contributed by atoms with Crippen LogP contribution in [0.25, 0.3) is 10.9 Å². The van der Waals surface area contributed by atoms with Crippen LogP contribution in [0.1, 0.15) is 12.2 Å². The van der Waals surface area contributed by atoms with Crippen LogP contribution in [-0.2, 0) is 20.7 Å². The maximum Gasteiger partial charge on any atom is 0.306 e. The second-order valence-corrected chi connectivity index (χ2v) is 4.78. The number of aromatic amines is 1. The third-order valence-corrected chi connectivity index (χ3v) is 3.04. The summed E-state index contributed by atoms with van der Waals surface area (Å²) < 4.78 is 4.84. The van der Waals surface area contributed by atoms with Gasteiger partial charge in [0.05, 0.1) is 17.3 Å². The fourth-order valence-electron chi connectivity index (χ4n) is 1.93. The molecule has 2 rings (SSSR count). The van der Waals surface area contributed by atoms with Crippen LogP contribution >= 0.6 is 0 Å². The van der Waals surface area contributed by atoms with Gasteiger partial charge in [-0.25, -0.2) is 4.98 Å². The Morgan fingerprint density at radius 2 is 2.13 bits per heavy atom. The molecule has 120 valence electrons. The van der Waals surface area contributed by atoms with Crippen LogP contribution < -0.4 is 10.9 Å². The van der Waals surface area contributed by atoms with Gasteiger partial charge in [-0.05, 0) is 12.1 Å². The van der Waals surface area contributed by atoms with Crippen molar-refractivity contribution in [1.82, 2.24) is 15.3 Å². The summed E-state index contributed by atoms with van der Waals surface area (Å²) in [7, 11) is 0. The number of ether oxygens (including phenoxy) is 1. The average Bonchev–Trinajstić information content (AvgIpc) is 2.56. The van der Waals surface area contributed by atoms with Crippen molar-refractivity contribution in [3.63, 3.8) is 0 Å². The van der Waals surface area contributed by atoms with Gasteiger partial charge in [0.25, 0.3) is 11.5 Å². The van der Waals surface area contributed by atoms with Crippen LogP contribution in [0.2, 0.25) is 0 Å². The minimum absolute atomic E-state index is 0.0238. The zero-order chi connectivity index (χ0) is 16.7. The molecule has 0 bridgehead atoms. The molecule has 1 aromatic heterocycles. The first-order chi connectivity index (χ1) is 11.1. The lowest BCUT2D eigenvalue weighted by molar-refractivity contribution is -0.148. The van der Waals surface area contributed by atoms with Crippen LogP contribution in [0.5, 0.6) is 0 Å². The van der Waals surface area contributed by atoms with E-state index in [1.807, 2.05) is 0 Å². The maximum absolute atomic E-state index is 11.9. The summed E-state index contributed by atoms with van der Waals surface area (Å²) in [4.78, 5) is 41.7. The van der Waals surface area contributed by atoms with E-state index in [0.717, 1.165) is 0 Å². The van der Waals surface area contributed by atoms with Crippen LogP contribution in [0.4, 0.5) is 0 Å². The molecule has 0 aliphatic carbocycles. The molecule has 7 heteroatoms. The number of amides is 1. The normalized spacial score (nSPS) is 10.3. The van der Waals surface area contributed by atoms with Gasteiger partial charge in [-0.2, -0.15) is 0 Å². The highest BCUT2D eigenvalue weighted by atomic mass is 16.5. The molecular weight excluding hydrogens is 298 g/mol. The van der Waals surface area contributed by atoms with Crippen molar-refractivity contribution in [3.8, 4) is 0 Å². The molecule has 1 aromatic carbocycles. The number of carbonyl (C=O) groups is 2.